The van der Waals surface area contributed by atoms with Gasteiger partial charge in [0.15, 0.2) is 17.1 Å². The van der Waals surface area contributed by atoms with Gasteiger partial charge in [-0.05, 0) is 55.2 Å². The van der Waals surface area contributed by atoms with Gasteiger partial charge in [-0.25, -0.2) is 9.50 Å². The average Bonchev–Trinajstić information content (AvgIpc) is 3.20. The van der Waals surface area contributed by atoms with Gasteiger partial charge in [0.1, 0.15) is 5.82 Å². The zero-order valence-corrected chi connectivity index (χ0v) is 19.3. The molecule has 6 nitrogen and oxygen atoms in total. The fourth-order valence-corrected chi connectivity index (χ4v) is 3.43. The van der Waals surface area contributed by atoms with Crippen LogP contribution in [0.1, 0.15) is 32.0 Å². The summed E-state index contributed by atoms with van der Waals surface area (Å²) in [5.74, 6) is 2.14. The highest BCUT2D eigenvalue weighted by atomic mass is 16.5. The predicted molar refractivity (Wildman–Crippen MR) is 129 cm³/mol. The Bertz CT molecular complexity index is 1200. The number of benzene rings is 2. The fourth-order valence-electron chi connectivity index (χ4n) is 3.43. The van der Waals surface area contributed by atoms with E-state index in [9.17, 15) is 0 Å². The zero-order valence-electron chi connectivity index (χ0n) is 19.3. The molecular weight excluding hydrogens is 388 g/mol. The summed E-state index contributed by atoms with van der Waals surface area (Å²) in [4.78, 5) is 4.80. The van der Waals surface area contributed by atoms with Crippen LogP contribution in [0.5, 0.6) is 11.5 Å². The molecule has 2 heterocycles. The first-order valence-corrected chi connectivity index (χ1v) is 10.4. The van der Waals surface area contributed by atoms with Crippen molar-refractivity contribution in [2.75, 3.05) is 19.5 Å². The predicted octanol–water partition coefficient (Wildman–Crippen LogP) is 6.35. The van der Waals surface area contributed by atoms with Crippen LogP contribution >= 0.6 is 0 Å². The van der Waals surface area contributed by atoms with Crippen molar-refractivity contribution in [3.8, 4) is 22.6 Å². The summed E-state index contributed by atoms with van der Waals surface area (Å²) in [6, 6.07) is 12.2. The summed E-state index contributed by atoms with van der Waals surface area (Å²) in [5.41, 5.74) is 7.28. The number of nitrogens with one attached hydrogen (secondary N) is 1. The van der Waals surface area contributed by atoms with E-state index in [0.717, 1.165) is 39.6 Å². The topological polar surface area (TPSA) is 60.7 Å². The van der Waals surface area contributed by atoms with E-state index in [-0.39, 0.29) is 1.43 Å². The summed E-state index contributed by atoms with van der Waals surface area (Å²) < 4.78 is 12.7. The minimum Gasteiger partial charge on any atom is -0.493 e. The lowest BCUT2D eigenvalue weighted by Gasteiger charge is -2.14. The molecule has 0 saturated heterocycles. The lowest BCUT2D eigenvalue weighted by molar-refractivity contribution is 0.353. The van der Waals surface area contributed by atoms with Gasteiger partial charge in [0.25, 0.3) is 0 Å². The largest absolute Gasteiger partial charge is 0.493 e. The Kier molecular flexibility index (Phi) is 6.80. The molecule has 0 amide bonds. The van der Waals surface area contributed by atoms with Gasteiger partial charge in [0, 0.05) is 24.9 Å². The highest BCUT2D eigenvalue weighted by molar-refractivity contribution is 5.78. The van der Waals surface area contributed by atoms with E-state index in [1.54, 1.807) is 18.7 Å². The molecule has 0 unspecified atom stereocenters. The minimum absolute atomic E-state index is 0. The lowest BCUT2D eigenvalue weighted by Crippen LogP contribution is -2.00. The molecule has 164 valence electrons. The standard InChI is InChI=1S/C23H24N4O2.C2H6.H2/c1-14-6-7-17(10-15(14)2)19-13-24-27-9-8-21(26-23(19)27)25-18-11-16(3)22(29-5)20(12-18)28-4;1-2;/h6-13H,1-5H3,(H,25,26);1-2H3;1H. The Labute approximate surface area is 185 Å². The molecular formula is C25H32N4O2. The van der Waals surface area contributed by atoms with Gasteiger partial charge in [-0.15, -0.1) is 0 Å². The molecule has 0 saturated carbocycles. The van der Waals surface area contributed by atoms with E-state index >= 15 is 0 Å². The van der Waals surface area contributed by atoms with Crippen LogP contribution in [0.4, 0.5) is 11.5 Å². The molecule has 31 heavy (non-hydrogen) atoms. The van der Waals surface area contributed by atoms with Crippen LogP contribution < -0.4 is 14.8 Å². The van der Waals surface area contributed by atoms with Crippen molar-refractivity contribution in [2.45, 2.75) is 34.6 Å². The molecule has 0 spiro atoms. The number of methoxy groups -OCH3 is 2. The Morgan fingerprint density at radius 1 is 0.903 bits per heavy atom. The van der Waals surface area contributed by atoms with Gasteiger partial charge in [0.2, 0.25) is 0 Å². The SMILES string of the molecule is CC.COc1cc(Nc2ccn3ncc(-c4ccc(C)c(C)c4)c3n2)cc(C)c1OC.[HH]. The van der Waals surface area contributed by atoms with E-state index < -0.39 is 0 Å². The quantitative estimate of drug-likeness (QED) is 0.407. The third-order valence-electron chi connectivity index (χ3n) is 5.12. The number of hydrogen-bond acceptors (Lipinski definition) is 5. The van der Waals surface area contributed by atoms with Crippen molar-refractivity contribution in [2.24, 2.45) is 0 Å². The van der Waals surface area contributed by atoms with Crippen LogP contribution in [-0.2, 0) is 0 Å². The lowest BCUT2D eigenvalue weighted by atomic mass is 10.0. The molecule has 0 aliphatic heterocycles. The van der Waals surface area contributed by atoms with Gasteiger partial charge < -0.3 is 14.8 Å². The molecule has 0 fully saturated rings. The average molecular weight is 421 g/mol. The third-order valence-corrected chi connectivity index (χ3v) is 5.12. The first kappa shape index (κ1) is 22.2. The van der Waals surface area contributed by atoms with E-state index in [1.807, 2.05) is 51.4 Å². The van der Waals surface area contributed by atoms with E-state index in [4.69, 9.17) is 14.5 Å². The smallest absolute Gasteiger partial charge is 0.165 e. The zero-order chi connectivity index (χ0) is 22.5. The van der Waals surface area contributed by atoms with Crippen LogP contribution in [0.2, 0.25) is 0 Å². The Hall–Kier alpha value is -3.54. The maximum atomic E-state index is 5.45. The Morgan fingerprint density at radius 3 is 2.35 bits per heavy atom. The number of anilines is 2. The van der Waals surface area contributed by atoms with E-state index in [0.29, 0.717) is 5.75 Å². The molecule has 0 radical (unpaired) electrons. The molecule has 6 heteroatoms. The Balaban J connectivity index is 0.00000118. The van der Waals surface area contributed by atoms with Gasteiger partial charge in [-0.2, -0.15) is 5.10 Å². The first-order valence-electron chi connectivity index (χ1n) is 10.4. The van der Waals surface area contributed by atoms with Crippen LogP contribution in [0.25, 0.3) is 16.8 Å². The number of rotatable bonds is 5. The summed E-state index contributed by atoms with van der Waals surface area (Å²) >= 11 is 0. The fraction of sp³-hybridized carbons (Fsp3) is 0.280. The maximum absolute atomic E-state index is 5.45. The van der Waals surface area contributed by atoms with Gasteiger partial charge in [0.05, 0.1) is 20.4 Å². The number of nitrogens with zero attached hydrogens (tertiary/aromatic N) is 3. The van der Waals surface area contributed by atoms with Gasteiger partial charge in [-0.1, -0.05) is 32.0 Å². The van der Waals surface area contributed by atoms with Crippen LogP contribution in [-0.4, -0.2) is 28.8 Å². The van der Waals surface area contributed by atoms with Crippen molar-refractivity contribution in [1.29, 1.82) is 0 Å². The second-order valence-corrected chi connectivity index (χ2v) is 7.09. The van der Waals surface area contributed by atoms with Gasteiger partial charge >= 0.3 is 0 Å². The highest BCUT2D eigenvalue weighted by Gasteiger charge is 2.12. The van der Waals surface area contributed by atoms with Crippen molar-refractivity contribution in [1.82, 2.24) is 14.6 Å². The number of aryl methyl sites for hydroxylation is 3. The molecule has 0 atom stereocenters. The normalized spacial score (nSPS) is 10.4. The molecule has 2 aromatic heterocycles. The summed E-state index contributed by atoms with van der Waals surface area (Å²) in [6.45, 7) is 10.2. The van der Waals surface area contributed by atoms with Crippen LogP contribution in [0, 0.1) is 20.8 Å². The third kappa shape index (κ3) is 4.48. The second-order valence-electron chi connectivity index (χ2n) is 7.09. The molecule has 1 N–H and O–H groups in total. The van der Waals surface area contributed by atoms with E-state index in [2.05, 4.69) is 42.5 Å². The van der Waals surface area contributed by atoms with Crippen LogP contribution in [0.15, 0.2) is 48.8 Å². The first-order chi connectivity index (χ1) is 15.0. The summed E-state index contributed by atoms with van der Waals surface area (Å²) in [7, 11) is 3.27. The molecule has 2 aromatic carbocycles. The summed E-state index contributed by atoms with van der Waals surface area (Å²) in [6.07, 6.45) is 3.76. The monoisotopic (exact) mass is 420 g/mol. The second kappa shape index (κ2) is 9.51. The van der Waals surface area contributed by atoms with Gasteiger partial charge in [-0.3, -0.25) is 0 Å². The van der Waals surface area contributed by atoms with E-state index in [1.165, 1.54) is 11.1 Å². The van der Waals surface area contributed by atoms with Crippen molar-refractivity contribution >= 4 is 17.2 Å². The number of aromatic nitrogens is 3. The molecule has 4 rings (SSSR count). The Morgan fingerprint density at radius 2 is 1.68 bits per heavy atom. The highest BCUT2D eigenvalue weighted by Crippen LogP contribution is 2.35. The maximum Gasteiger partial charge on any atom is 0.165 e. The number of ether oxygens (including phenoxy) is 2. The molecule has 0 aliphatic rings. The molecule has 0 aliphatic carbocycles. The van der Waals surface area contributed by atoms with Crippen molar-refractivity contribution < 1.29 is 10.9 Å². The molecule has 0 bridgehead atoms. The molecule has 4 aromatic rings. The number of fused-ring (bicyclic) bond motifs is 1. The van der Waals surface area contributed by atoms with Crippen molar-refractivity contribution in [3.05, 3.63) is 65.5 Å². The van der Waals surface area contributed by atoms with Crippen LogP contribution in [0.3, 0.4) is 0 Å². The van der Waals surface area contributed by atoms with Crippen molar-refractivity contribution in [3.63, 3.8) is 0 Å². The summed E-state index contributed by atoms with van der Waals surface area (Å²) in [5, 5.41) is 7.81. The minimum atomic E-state index is 0. The number of hydrogen-bond donors (Lipinski definition) is 1.